The number of aromatic nitrogens is 5. The molecule has 0 aliphatic carbocycles. The molecule has 1 aliphatic rings. The predicted molar refractivity (Wildman–Crippen MR) is 123 cm³/mol. The van der Waals surface area contributed by atoms with Crippen LogP contribution in [-0.2, 0) is 6.42 Å². The number of anilines is 3. The molecular weight excluding hydrogens is 374 g/mol. The molecule has 0 bridgehead atoms. The van der Waals surface area contributed by atoms with Gasteiger partial charge in [0.05, 0.1) is 5.69 Å². The lowest BCUT2D eigenvalue weighted by molar-refractivity contribution is 0.877. The summed E-state index contributed by atoms with van der Waals surface area (Å²) in [5.74, 6) is 2.50. The SMILES string of the molecule is C/C=C/c1cc(Nc2nc(/C=C/c3cccc(CC)c3)nc(N3CCCC3)n2)n[nH]1. The van der Waals surface area contributed by atoms with E-state index in [0.29, 0.717) is 23.5 Å². The number of hydrogen-bond acceptors (Lipinski definition) is 6. The van der Waals surface area contributed by atoms with Crippen molar-refractivity contribution in [1.82, 2.24) is 25.1 Å². The number of allylic oxidation sites excluding steroid dienone is 1. The summed E-state index contributed by atoms with van der Waals surface area (Å²) in [6, 6.07) is 10.4. The summed E-state index contributed by atoms with van der Waals surface area (Å²) in [5, 5.41) is 10.5. The molecule has 0 unspecified atom stereocenters. The van der Waals surface area contributed by atoms with Gasteiger partial charge >= 0.3 is 0 Å². The minimum absolute atomic E-state index is 0.493. The van der Waals surface area contributed by atoms with E-state index < -0.39 is 0 Å². The number of hydrogen-bond donors (Lipinski definition) is 2. The van der Waals surface area contributed by atoms with Crippen LogP contribution in [0.4, 0.5) is 17.7 Å². The maximum absolute atomic E-state index is 4.69. The monoisotopic (exact) mass is 401 g/mol. The number of aromatic amines is 1. The van der Waals surface area contributed by atoms with E-state index in [1.807, 2.05) is 37.3 Å². The lowest BCUT2D eigenvalue weighted by Gasteiger charge is -2.16. The van der Waals surface area contributed by atoms with Gasteiger partial charge in [-0.25, -0.2) is 0 Å². The molecule has 30 heavy (non-hydrogen) atoms. The van der Waals surface area contributed by atoms with E-state index in [2.05, 4.69) is 66.6 Å². The predicted octanol–water partition coefficient (Wildman–Crippen LogP) is 4.70. The first kappa shape index (κ1) is 19.8. The van der Waals surface area contributed by atoms with Gasteiger partial charge in [-0.2, -0.15) is 20.1 Å². The second kappa shape index (κ2) is 9.35. The third kappa shape index (κ3) is 4.92. The molecule has 0 amide bonds. The maximum Gasteiger partial charge on any atom is 0.233 e. The Morgan fingerprint density at radius 1 is 1.07 bits per heavy atom. The van der Waals surface area contributed by atoms with Crippen LogP contribution in [0, 0.1) is 0 Å². The molecule has 2 aromatic heterocycles. The third-order valence-electron chi connectivity index (χ3n) is 5.00. The molecule has 154 valence electrons. The zero-order chi connectivity index (χ0) is 20.8. The van der Waals surface area contributed by atoms with E-state index in [9.17, 15) is 0 Å². The van der Waals surface area contributed by atoms with E-state index in [-0.39, 0.29) is 0 Å². The van der Waals surface area contributed by atoms with Crippen LogP contribution in [-0.4, -0.2) is 38.2 Å². The van der Waals surface area contributed by atoms with E-state index in [1.54, 1.807) is 0 Å². The molecule has 0 saturated carbocycles. The average molecular weight is 402 g/mol. The van der Waals surface area contributed by atoms with Gasteiger partial charge < -0.3 is 10.2 Å². The van der Waals surface area contributed by atoms with Gasteiger partial charge in [-0.1, -0.05) is 43.3 Å². The lowest BCUT2D eigenvalue weighted by atomic mass is 10.1. The van der Waals surface area contributed by atoms with Crippen LogP contribution in [0.25, 0.3) is 18.2 Å². The molecule has 0 radical (unpaired) electrons. The van der Waals surface area contributed by atoms with E-state index >= 15 is 0 Å². The van der Waals surface area contributed by atoms with Crippen molar-refractivity contribution in [3.8, 4) is 0 Å². The Morgan fingerprint density at radius 2 is 1.93 bits per heavy atom. The van der Waals surface area contributed by atoms with Gasteiger partial charge in [-0.05, 0) is 49.5 Å². The average Bonchev–Trinajstić information content (AvgIpc) is 3.45. The number of nitrogens with one attached hydrogen (secondary N) is 2. The van der Waals surface area contributed by atoms with Gasteiger partial charge in [0.2, 0.25) is 11.9 Å². The standard InChI is InChI=1S/C23H27N7/c1-3-8-19-16-21(29-28-19)25-22-24-20(26-23(27-22)30-13-5-6-14-30)12-11-18-10-7-9-17(4-2)15-18/h3,7-12,15-16H,4-6,13-14H2,1-2H3,(H2,24,25,26,27,28,29)/b8-3+,12-11+. The topological polar surface area (TPSA) is 82.6 Å². The number of rotatable bonds is 7. The summed E-state index contributed by atoms with van der Waals surface area (Å²) in [5.41, 5.74) is 3.36. The Labute approximate surface area is 177 Å². The fraction of sp³-hybridized carbons (Fsp3) is 0.304. The van der Waals surface area contributed by atoms with Crippen molar-refractivity contribution in [2.45, 2.75) is 33.1 Å². The highest BCUT2D eigenvalue weighted by atomic mass is 15.3. The second-order valence-corrected chi connectivity index (χ2v) is 7.28. The number of H-pyrrole nitrogens is 1. The van der Waals surface area contributed by atoms with Gasteiger partial charge in [-0.3, -0.25) is 5.10 Å². The van der Waals surface area contributed by atoms with Crippen LogP contribution < -0.4 is 10.2 Å². The molecular formula is C23H27N7. The molecule has 7 nitrogen and oxygen atoms in total. The molecule has 3 heterocycles. The molecule has 1 saturated heterocycles. The Balaban J connectivity index is 1.62. The van der Waals surface area contributed by atoms with Crippen molar-refractivity contribution in [3.05, 3.63) is 59.1 Å². The minimum atomic E-state index is 0.493. The highest BCUT2D eigenvalue weighted by Gasteiger charge is 2.17. The van der Waals surface area contributed by atoms with Crippen LogP contribution in [0.5, 0.6) is 0 Å². The van der Waals surface area contributed by atoms with Crippen LogP contribution in [0.15, 0.2) is 36.4 Å². The zero-order valence-electron chi connectivity index (χ0n) is 17.5. The Kier molecular flexibility index (Phi) is 6.17. The van der Waals surface area contributed by atoms with Crippen molar-refractivity contribution >= 4 is 35.9 Å². The van der Waals surface area contributed by atoms with Crippen LogP contribution >= 0.6 is 0 Å². The minimum Gasteiger partial charge on any atom is -0.341 e. The van der Waals surface area contributed by atoms with Gasteiger partial charge in [0.1, 0.15) is 0 Å². The Hall–Kier alpha value is -3.48. The van der Waals surface area contributed by atoms with Gasteiger partial charge in [0, 0.05) is 19.2 Å². The summed E-state index contributed by atoms with van der Waals surface area (Å²) in [6.45, 7) is 6.07. The summed E-state index contributed by atoms with van der Waals surface area (Å²) in [6.07, 6.45) is 11.2. The molecule has 1 aromatic carbocycles. The number of benzene rings is 1. The van der Waals surface area contributed by atoms with E-state index in [4.69, 9.17) is 0 Å². The molecule has 3 aromatic rings. The molecule has 0 spiro atoms. The van der Waals surface area contributed by atoms with Crippen LogP contribution in [0.1, 0.15) is 49.3 Å². The van der Waals surface area contributed by atoms with Crippen LogP contribution in [0.3, 0.4) is 0 Å². The molecule has 1 fully saturated rings. The summed E-state index contributed by atoms with van der Waals surface area (Å²) < 4.78 is 0. The lowest BCUT2D eigenvalue weighted by Crippen LogP contribution is -2.21. The molecule has 2 N–H and O–H groups in total. The third-order valence-corrected chi connectivity index (χ3v) is 5.00. The smallest absolute Gasteiger partial charge is 0.233 e. The highest BCUT2D eigenvalue weighted by molar-refractivity contribution is 5.68. The Morgan fingerprint density at radius 3 is 2.73 bits per heavy atom. The van der Waals surface area contributed by atoms with Crippen molar-refractivity contribution in [3.63, 3.8) is 0 Å². The van der Waals surface area contributed by atoms with Crippen molar-refractivity contribution < 1.29 is 0 Å². The highest BCUT2D eigenvalue weighted by Crippen LogP contribution is 2.20. The van der Waals surface area contributed by atoms with Gasteiger partial charge in [0.15, 0.2) is 11.6 Å². The van der Waals surface area contributed by atoms with Crippen molar-refractivity contribution in [2.75, 3.05) is 23.3 Å². The fourth-order valence-corrected chi connectivity index (χ4v) is 3.44. The first-order valence-electron chi connectivity index (χ1n) is 10.5. The quantitative estimate of drug-likeness (QED) is 0.597. The number of nitrogens with zero attached hydrogens (tertiary/aromatic N) is 5. The van der Waals surface area contributed by atoms with Crippen molar-refractivity contribution in [2.24, 2.45) is 0 Å². The maximum atomic E-state index is 4.69. The van der Waals surface area contributed by atoms with Crippen molar-refractivity contribution in [1.29, 1.82) is 0 Å². The molecule has 4 rings (SSSR count). The molecule has 1 aliphatic heterocycles. The van der Waals surface area contributed by atoms with Gasteiger partial charge in [-0.15, -0.1) is 0 Å². The first-order valence-corrected chi connectivity index (χ1v) is 10.5. The van der Waals surface area contributed by atoms with E-state index in [1.165, 1.54) is 5.56 Å². The largest absolute Gasteiger partial charge is 0.341 e. The second-order valence-electron chi connectivity index (χ2n) is 7.28. The Bertz CT molecular complexity index is 1050. The summed E-state index contributed by atoms with van der Waals surface area (Å²) in [4.78, 5) is 16.1. The number of aryl methyl sites for hydroxylation is 1. The van der Waals surface area contributed by atoms with E-state index in [0.717, 1.165) is 43.6 Å². The first-order chi connectivity index (χ1) is 14.7. The summed E-state index contributed by atoms with van der Waals surface area (Å²) in [7, 11) is 0. The van der Waals surface area contributed by atoms with Gasteiger partial charge in [0.25, 0.3) is 0 Å². The normalized spacial score (nSPS) is 14.3. The zero-order valence-corrected chi connectivity index (χ0v) is 17.5. The molecule has 0 atom stereocenters. The van der Waals surface area contributed by atoms with Crippen LogP contribution in [0.2, 0.25) is 0 Å². The fourth-order valence-electron chi connectivity index (χ4n) is 3.44. The summed E-state index contributed by atoms with van der Waals surface area (Å²) >= 11 is 0. The molecule has 7 heteroatoms.